The lowest BCUT2D eigenvalue weighted by molar-refractivity contribution is 0.0526. The van der Waals surface area contributed by atoms with Crippen LogP contribution in [0.4, 0.5) is 5.82 Å². The van der Waals surface area contributed by atoms with Gasteiger partial charge >= 0.3 is 5.97 Å². The molecule has 0 radical (unpaired) electrons. The molecule has 2 rings (SSSR count). The Morgan fingerprint density at radius 1 is 1.29 bits per heavy atom. The molecular weight excluding hydrogens is 306 g/mol. The van der Waals surface area contributed by atoms with Crippen molar-refractivity contribution in [2.24, 2.45) is 0 Å². The van der Waals surface area contributed by atoms with Gasteiger partial charge in [0.1, 0.15) is 11.6 Å². The normalized spacial score (nSPS) is 12.2. The van der Waals surface area contributed by atoms with E-state index in [-0.39, 0.29) is 12.0 Å². The molecule has 2 aromatic rings. The van der Waals surface area contributed by atoms with Crippen LogP contribution in [0, 0.1) is 0 Å². The predicted molar refractivity (Wildman–Crippen MR) is 93.1 cm³/mol. The first kappa shape index (κ1) is 18.0. The highest BCUT2D eigenvalue weighted by atomic mass is 16.5. The van der Waals surface area contributed by atoms with Gasteiger partial charge in [0.2, 0.25) is 0 Å². The number of ether oxygens (including phenoxy) is 1. The molecule has 130 valence electrons. The maximum absolute atomic E-state index is 11.6. The Morgan fingerprint density at radius 3 is 2.62 bits per heavy atom. The van der Waals surface area contributed by atoms with Gasteiger partial charge in [-0.15, -0.1) is 0 Å². The number of aromatic nitrogens is 1. The summed E-state index contributed by atoms with van der Waals surface area (Å²) in [5, 5.41) is 3.32. The van der Waals surface area contributed by atoms with Crippen molar-refractivity contribution in [1.29, 1.82) is 0 Å². The summed E-state index contributed by atoms with van der Waals surface area (Å²) >= 11 is 0. The zero-order chi connectivity index (χ0) is 17.4. The zero-order valence-corrected chi connectivity index (χ0v) is 14.5. The number of hydrogen-bond donors (Lipinski definition) is 1. The Hall–Kier alpha value is -2.34. The molecule has 1 unspecified atom stereocenters. The number of likely N-dealkylation sites (N-methyl/N-ethyl adjacent to an activating group) is 1. The molecule has 0 bridgehead atoms. The molecule has 0 amide bonds. The molecule has 0 saturated heterocycles. The molecular formula is C18H25N3O3. The molecule has 2 aromatic heterocycles. The molecule has 0 aliphatic rings. The molecule has 0 saturated carbocycles. The largest absolute Gasteiger partial charge is 0.468 e. The van der Waals surface area contributed by atoms with E-state index in [0.29, 0.717) is 24.5 Å². The highest BCUT2D eigenvalue weighted by Crippen LogP contribution is 2.21. The van der Waals surface area contributed by atoms with Crippen molar-refractivity contribution in [2.75, 3.05) is 31.6 Å². The number of nitrogens with one attached hydrogen (secondary N) is 1. The third-order valence-electron chi connectivity index (χ3n) is 3.88. The SMILES string of the molecule is CCOC(=O)c1ccc(NCC(c2ccco2)N(CC)CC)nc1. The van der Waals surface area contributed by atoms with Gasteiger partial charge in [-0.05, 0) is 44.3 Å². The maximum atomic E-state index is 11.6. The summed E-state index contributed by atoms with van der Waals surface area (Å²) < 4.78 is 10.5. The third-order valence-corrected chi connectivity index (χ3v) is 3.88. The monoisotopic (exact) mass is 331 g/mol. The Bertz CT molecular complexity index is 607. The average molecular weight is 331 g/mol. The summed E-state index contributed by atoms with van der Waals surface area (Å²) in [6.45, 7) is 8.92. The van der Waals surface area contributed by atoms with E-state index in [1.54, 1.807) is 25.3 Å². The van der Waals surface area contributed by atoms with Crippen molar-refractivity contribution >= 4 is 11.8 Å². The lowest BCUT2D eigenvalue weighted by atomic mass is 10.2. The van der Waals surface area contributed by atoms with Crippen LogP contribution in [0.5, 0.6) is 0 Å². The topological polar surface area (TPSA) is 67.6 Å². The van der Waals surface area contributed by atoms with E-state index in [1.165, 1.54) is 6.20 Å². The van der Waals surface area contributed by atoms with Crippen LogP contribution in [0.25, 0.3) is 0 Å². The summed E-state index contributed by atoms with van der Waals surface area (Å²) in [6, 6.07) is 7.52. The number of carbonyl (C=O) groups excluding carboxylic acids is 1. The second-order valence-corrected chi connectivity index (χ2v) is 5.29. The van der Waals surface area contributed by atoms with Crippen LogP contribution in [0.2, 0.25) is 0 Å². The number of furan rings is 1. The lowest BCUT2D eigenvalue weighted by Crippen LogP contribution is -2.33. The number of hydrogen-bond acceptors (Lipinski definition) is 6. The summed E-state index contributed by atoms with van der Waals surface area (Å²) in [5.41, 5.74) is 0.453. The van der Waals surface area contributed by atoms with Crippen LogP contribution in [0.3, 0.4) is 0 Å². The van der Waals surface area contributed by atoms with E-state index in [9.17, 15) is 4.79 Å². The van der Waals surface area contributed by atoms with E-state index in [4.69, 9.17) is 9.15 Å². The van der Waals surface area contributed by atoms with Crippen LogP contribution < -0.4 is 5.32 Å². The predicted octanol–water partition coefficient (Wildman–Crippen LogP) is 3.35. The van der Waals surface area contributed by atoms with Crippen LogP contribution >= 0.6 is 0 Å². The molecule has 6 heteroatoms. The van der Waals surface area contributed by atoms with Gasteiger partial charge in [-0.2, -0.15) is 0 Å². The van der Waals surface area contributed by atoms with Crippen molar-refractivity contribution in [1.82, 2.24) is 9.88 Å². The number of esters is 1. The molecule has 6 nitrogen and oxygen atoms in total. The quantitative estimate of drug-likeness (QED) is 0.711. The highest BCUT2D eigenvalue weighted by Gasteiger charge is 2.20. The Morgan fingerprint density at radius 2 is 2.08 bits per heavy atom. The average Bonchev–Trinajstić information content (AvgIpc) is 3.13. The van der Waals surface area contributed by atoms with Crippen molar-refractivity contribution < 1.29 is 13.9 Å². The van der Waals surface area contributed by atoms with E-state index in [2.05, 4.69) is 29.0 Å². The van der Waals surface area contributed by atoms with Crippen molar-refractivity contribution in [3.05, 3.63) is 48.0 Å². The second-order valence-electron chi connectivity index (χ2n) is 5.29. The highest BCUT2D eigenvalue weighted by molar-refractivity contribution is 5.89. The van der Waals surface area contributed by atoms with Gasteiger partial charge < -0.3 is 14.5 Å². The molecule has 0 aliphatic carbocycles. The Labute approximate surface area is 142 Å². The number of pyridine rings is 1. The lowest BCUT2D eigenvalue weighted by Gasteiger charge is -2.28. The molecule has 0 fully saturated rings. The Balaban J connectivity index is 2.02. The fourth-order valence-electron chi connectivity index (χ4n) is 2.59. The van der Waals surface area contributed by atoms with Crippen molar-refractivity contribution in [3.8, 4) is 0 Å². The summed E-state index contributed by atoms with van der Waals surface area (Å²) in [6.07, 6.45) is 3.22. The smallest absolute Gasteiger partial charge is 0.339 e. The molecule has 1 N–H and O–H groups in total. The summed E-state index contributed by atoms with van der Waals surface area (Å²) in [4.78, 5) is 18.2. The fourth-order valence-corrected chi connectivity index (χ4v) is 2.59. The fraction of sp³-hybridized carbons (Fsp3) is 0.444. The number of anilines is 1. The van der Waals surface area contributed by atoms with E-state index in [1.807, 2.05) is 12.1 Å². The van der Waals surface area contributed by atoms with Crippen LogP contribution in [-0.4, -0.2) is 42.1 Å². The zero-order valence-electron chi connectivity index (χ0n) is 14.5. The van der Waals surface area contributed by atoms with Gasteiger partial charge in [0, 0.05) is 12.7 Å². The Kier molecular flexibility index (Phi) is 6.81. The maximum Gasteiger partial charge on any atom is 0.339 e. The number of nitrogens with zero attached hydrogens (tertiary/aromatic N) is 2. The molecule has 1 atom stereocenters. The van der Waals surface area contributed by atoms with Gasteiger partial charge in [-0.1, -0.05) is 13.8 Å². The van der Waals surface area contributed by atoms with Gasteiger partial charge in [0.05, 0.1) is 24.5 Å². The first-order valence-electron chi connectivity index (χ1n) is 8.34. The minimum absolute atomic E-state index is 0.126. The molecule has 0 spiro atoms. The van der Waals surface area contributed by atoms with E-state index >= 15 is 0 Å². The minimum Gasteiger partial charge on any atom is -0.468 e. The van der Waals surface area contributed by atoms with Gasteiger partial charge in [0.25, 0.3) is 0 Å². The first-order chi connectivity index (χ1) is 11.7. The van der Waals surface area contributed by atoms with Gasteiger partial charge in [-0.25, -0.2) is 9.78 Å². The van der Waals surface area contributed by atoms with Crippen LogP contribution in [-0.2, 0) is 4.74 Å². The molecule has 0 aliphatic heterocycles. The van der Waals surface area contributed by atoms with Crippen molar-refractivity contribution in [3.63, 3.8) is 0 Å². The summed E-state index contributed by atoms with van der Waals surface area (Å²) in [5.74, 6) is 1.29. The van der Waals surface area contributed by atoms with E-state index < -0.39 is 0 Å². The second kappa shape index (κ2) is 9.08. The van der Waals surface area contributed by atoms with Crippen LogP contribution in [0.15, 0.2) is 41.1 Å². The first-order valence-corrected chi connectivity index (χ1v) is 8.34. The van der Waals surface area contributed by atoms with Crippen molar-refractivity contribution in [2.45, 2.75) is 26.8 Å². The molecule has 2 heterocycles. The van der Waals surface area contributed by atoms with E-state index in [0.717, 1.165) is 18.8 Å². The molecule has 0 aromatic carbocycles. The number of rotatable bonds is 9. The number of carbonyl (C=O) groups is 1. The molecule has 24 heavy (non-hydrogen) atoms. The minimum atomic E-state index is -0.354. The standard InChI is InChI=1S/C18H25N3O3/c1-4-21(5-2)15(16-8-7-11-24-16)13-20-17-10-9-14(12-19-17)18(22)23-6-3/h7-12,15H,4-6,13H2,1-3H3,(H,19,20). The van der Waals surface area contributed by atoms with Crippen LogP contribution in [0.1, 0.15) is 42.9 Å². The third kappa shape index (κ3) is 4.58. The van der Waals surface area contributed by atoms with Gasteiger partial charge in [-0.3, -0.25) is 4.90 Å². The summed E-state index contributed by atoms with van der Waals surface area (Å²) in [7, 11) is 0. The van der Waals surface area contributed by atoms with Gasteiger partial charge in [0.15, 0.2) is 0 Å².